The molecule has 1 heterocycles. The summed E-state index contributed by atoms with van der Waals surface area (Å²) in [5, 5.41) is 14.8. The molecule has 0 spiro atoms. The number of aromatic nitrogens is 2. The van der Waals surface area contributed by atoms with Gasteiger partial charge in [0.2, 0.25) is 5.88 Å². The molecule has 3 N–H and O–H groups in total. The largest absolute Gasteiger partial charge is 0.504 e. The van der Waals surface area contributed by atoms with Crippen LogP contribution in [0.4, 0.5) is 29.3 Å². The van der Waals surface area contributed by atoms with Crippen molar-refractivity contribution < 1.29 is 32.5 Å². The Hall–Kier alpha value is -3.96. The van der Waals surface area contributed by atoms with Gasteiger partial charge >= 0.3 is 12.2 Å². The normalized spacial score (nSPS) is 11.3. The molecule has 2 amide bonds. The number of ether oxygens (including phenoxy) is 2. The first-order chi connectivity index (χ1) is 17.0. The predicted molar refractivity (Wildman–Crippen MR) is 128 cm³/mol. The molecule has 0 aliphatic rings. The van der Waals surface area contributed by atoms with Gasteiger partial charge in [-0.05, 0) is 36.4 Å². The van der Waals surface area contributed by atoms with E-state index >= 15 is 0 Å². The highest BCUT2D eigenvalue weighted by Gasteiger charge is 2.33. The Kier molecular flexibility index (Phi) is 6.95. The fourth-order valence-corrected chi connectivity index (χ4v) is 3.61. The zero-order valence-corrected chi connectivity index (χ0v) is 19.7. The first kappa shape index (κ1) is 25.1. The van der Waals surface area contributed by atoms with Gasteiger partial charge in [-0.2, -0.15) is 13.2 Å². The minimum atomic E-state index is -4.68. The molecule has 1 aromatic heterocycles. The van der Waals surface area contributed by atoms with Crippen molar-refractivity contribution in [3.63, 3.8) is 0 Å². The highest BCUT2D eigenvalue weighted by molar-refractivity contribution is 6.34. The van der Waals surface area contributed by atoms with Crippen molar-refractivity contribution in [3.05, 3.63) is 70.5 Å². The van der Waals surface area contributed by atoms with Crippen LogP contribution in [0.3, 0.4) is 0 Å². The van der Waals surface area contributed by atoms with Crippen molar-refractivity contribution >= 4 is 51.5 Å². The van der Waals surface area contributed by atoms with E-state index in [1.54, 1.807) is 0 Å². The maximum absolute atomic E-state index is 13.0. The number of carbonyl (C=O) groups excluding carboxylic acids is 1. The molecule has 4 rings (SSSR count). The van der Waals surface area contributed by atoms with Gasteiger partial charge in [-0.3, -0.25) is 0 Å². The molecule has 13 heteroatoms. The molecule has 4 aromatic rings. The van der Waals surface area contributed by atoms with Crippen molar-refractivity contribution in [2.24, 2.45) is 0 Å². The van der Waals surface area contributed by atoms with Gasteiger partial charge in [0.25, 0.3) is 0 Å². The van der Waals surface area contributed by atoms with E-state index in [4.69, 9.17) is 32.7 Å². The monoisotopic (exact) mass is 538 g/mol. The molecular weight excluding hydrogens is 524 g/mol. The quantitative estimate of drug-likeness (QED) is 0.250. The van der Waals surface area contributed by atoms with Crippen molar-refractivity contribution in [2.75, 3.05) is 17.7 Å². The number of benzene rings is 3. The first-order valence-electron chi connectivity index (χ1n) is 9.99. The summed E-state index contributed by atoms with van der Waals surface area (Å²) in [7, 11) is 1.40. The average molecular weight is 539 g/mol. The highest BCUT2D eigenvalue weighted by atomic mass is 35.5. The van der Waals surface area contributed by atoms with E-state index < -0.39 is 22.8 Å². The first-order valence-corrected chi connectivity index (χ1v) is 10.7. The predicted octanol–water partition coefficient (Wildman–Crippen LogP) is 7.11. The number of nitrogens with zero attached hydrogens (tertiary/aromatic N) is 2. The number of anilines is 2. The Balaban J connectivity index is 1.50. The third kappa shape index (κ3) is 5.47. The molecule has 0 bridgehead atoms. The summed E-state index contributed by atoms with van der Waals surface area (Å²) in [6.07, 6.45) is -3.42. The lowest BCUT2D eigenvalue weighted by Gasteiger charge is -2.13. The van der Waals surface area contributed by atoms with Gasteiger partial charge in [-0.25, -0.2) is 14.8 Å². The number of phenolic OH excluding ortho intramolecular Hbond substituents is 1. The number of halogens is 5. The number of phenols is 1. The van der Waals surface area contributed by atoms with Crippen LogP contribution in [-0.4, -0.2) is 28.2 Å². The number of fused-ring (bicyclic) bond motifs is 1. The summed E-state index contributed by atoms with van der Waals surface area (Å²) in [4.78, 5) is 20.5. The van der Waals surface area contributed by atoms with E-state index in [0.717, 1.165) is 12.1 Å². The Morgan fingerprint density at radius 1 is 1.00 bits per heavy atom. The van der Waals surface area contributed by atoms with Crippen LogP contribution in [0, 0.1) is 0 Å². The Bertz CT molecular complexity index is 1470. The Morgan fingerprint density at radius 2 is 1.78 bits per heavy atom. The van der Waals surface area contributed by atoms with E-state index in [2.05, 4.69) is 20.6 Å². The van der Waals surface area contributed by atoms with Crippen molar-refractivity contribution in [1.29, 1.82) is 0 Å². The van der Waals surface area contributed by atoms with Crippen LogP contribution >= 0.6 is 23.2 Å². The number of hydrogen-bond donors (Lipinski definition) is 3. The summed E-state index contributed by atoms with van der Waals surface area (Å²) in [6, 6.07) is 9.43. The Morgan fingerprint density at radius 3 is 2.47 bits per heavy atom. The topological polar surface area (TPSA) is 106 Å². The summed E-state index contributed by atoms with van der Waals surface area (Å²) >= 11 is 11.9. The van der Waals surface area contributed by atoms with Crippen LogP contribution in [0.25, 0.3) is 10.9 Å². The number of nitrogens with one attached hydrogen (secondary N) is 2. The van der Waals surface area contributed by atoms with Gasteiger partial charge in [0.05, 0.1) is 39.3 Å². The number of aromatic hydroxyl groups is 1. The van der Waals surface area contributed by atoms with Crippen LogP contribution in [0.2, 0.25) is 10.0 Å². The zero-order valence-electron chi connectivity index (χ0n) is 18.2. The lowest BCUT2D eigenvalue weighted by Crippen LogP contribution is -2.20. The summed E-state index contributed by atoms with van der Waals surface area (Å²) in [5.41, 5.74) is -0.607. The summed E-state index contributed by atoms with van der Waals surface area (Å²) < 4.78 is 50.0. The number of urea groups is 1. The summed E-state index contributed by atoms with van der Waals surface area (Å²) in [5.74, 6) is 0.537. The summed E-state index contributed by atoms with van der Waals surface area (Å²) in [6.45, 7) is 0. The molecule has 8 nitrogen and oxygen atoms in total. The minimum absolute atomic E-state index is 0.0864. The van der Waals surface area contributed by atoms with Crippen LogP contribution < -0.4 is 20.1 Å². The molecule has 0 aliphatic carbocycles. The molecule has 186 valence electrons. The maximum Gasteiger partial charge on any atom is 0.417 e. The second kappa shape index (κ2) is 9.96. The van der Waals surface area contributed by atoms with Crippen LogP contribution in [0.5, 0.6) is 23.1 Å². The Labute approximate surface area is 211 Å². The smallest absolute Gasteiger partial charge is 0.417 e. The second-order valence-electron chi connectivity index (χ2n) is 7.24. The third-order valence-corrected chi connectivity index (χ3v) is 5.47. The molecule has 0 radical (unpaired) electrons. The third-order valence-electron chi connectivity index (χ3n) is 4.83. The van der Waals surface area contributed by atoms with Gasteiger partial charge in [-0.15, -0.1) is 0 Å². The lowest BCUT2D eigenvalue weighted by molar-refractivity contribution is -0.137. The number of rotatable bonds is 5. The van der Waals surface area contributed by atoms with Crippen molar-refractivity contribution in [2.45, 2.75) is 6.18 Å². The molecule has 0 atom stereocenters. The second-order valence-corrected chi connectivity index (χ2v) is 8.05. The number of alkyl halides is 3. The van der Waals surface area contributed by atoms with E-state index in [1.807, 2.05) is 0 Å². The van der Waals surface area contributed by atoms with Gasteiger partial charge in [0, 0.05) is 17.8 Å². The lowest BCUT2D eigenvalue weighted by atomic mass is 10.2. The number of carbonyl (C=O) groups is 1. The van der Waals surface area contributed by atoms with Gasteiger partial charge in [0.15, 0.2) is 11.5 Å². The number of amides is 2. The van der Waals surface area contributed by atoms with E-state index in [1.165, 1.54) is 49.8 Å². The molecule has 0 fully saturated rings. The highest BCUT2D eigenvalue weighted by Crippen LogP contribution is 2.37. The van der Waals surface area contributed by atoms with Gasteiger partial charge in [-0.1, -0.05) is 23.2 Å². The fraction of sp³-hybridized carbons (Fsp3) is 0.0870. The minimum Gasteiger partial charge on any atom is -0.504 e. The van der Waals surface area contributed by atoms with Crippen LogP contribution in [0.1, 0.15) is 5.56 Å². The number of methoxy groups -OCH3 is 1. The van der Waals surface area contributed by atoms with Crippen LogP contribution in [-0.2, 0) is 6.18 Å². The van der Waals surface area contributed by atoms with E-state index in [0.29, 0.717) is 10.9 Å². The van der Waals surface area contributed by atoms with Crippen LogP contribution in [0.15, 0.2) is 54.9 Å². The standard InChI is InChI=1S/C23H15Cl2F3N4O4/c1-35-20-8-13-18(9-19(20)33)29-10-30-21(13)36-12-3-5-17(16(25)7-12)32-22(34)31-11-2-4-15(24)14(6-11)23(26,27)28/h2-10,33H,1H3,(H2,31,32,34). The van der Waals surface area contributed by atoms with Crippen molar-refractivity contribution in [1.82, 2.24) is 9.97 Å². The molecule has 0 saturated heterocycles. The maximum atomic E-state index is 13.0. The van der Waals surface area contributed by atoms with E-state index in [9.17, 15) is 23.1 Å². The average Bonchev–Trinajstić information content (AvgIpc) is 2.81. The molecule has 36 heavy (non-hydrogen) atoms. The molecule has 0 aliphatic heterocycles. The van der Waals surface area contributed by atoms with Gasteiger partial charge in [0.1, 0.15) is 12.1 Å². The fourth-order valence-electron chi connectivity index (χ4n) is 3.17. The molecule has 0 saturated carbocycles. The number of hydrogen-bond acceptors (Lipinski definition) is 6. The van der Waals surface area contributed by atoms with E-state index in [-0.39, 0.29) is 39.5 Å². The van der Waals surface area contributed by atoms with Crippen molar-refractivity contribution in [3.8, 4) is 23.1 Å². The molecule has 3 aromatic carbocycles. The molecular formula is C23H15Cl2F3N4O4. The SMILES string of the molecule is COc1cc2c(Oc3ccc(NC(=O)Nc4ccc(Cl)c(C(F)(F)F)c4)c(Cl)c3)ncnc2cc1O. The zero-order chi connectivity index (χ0) is 26.0. The van der Waals surface area contributed by atoms with Gasteiger partial charge < -0.3 is 25.2 Å². The molecule has 0 unspecified atom stereocenters.